The Morgan fingerprint density at radius 2 is 2.29 bits per heavy atom. The average Bonchev–Trinajstić information content (AvgIpc) is 2.33. The summed E-state index contributed by atoms with van der Waals surface area (Å²) in [5.74, 6) is 0. The van der Waals surface area contributed by atoms with E-state index < -0.39 is 0 Å². The van der Waals surface area contributed by atoms with Gasteiger partial charge >= 0.3 is 0 Å². The van der Waals surface area contributed by atoms with Crippen LogP contribution in [0.2, 0.25) is 5.02 Å². The number of hydrogen-bond acceptors (Lipinski definition) is 2. The Kier molecular flexibility index (Phi) is 4.69. The average molecular weight is 253 g/mol. The van der Waals surface area contributed by atoms with Gasteiger partial charge in [-0.3, -0.25) is 0 Å². The molecule has 1 aromatic rings. The first-order valence-corrected chi connectivity index (χ1v) is 6.87. The first kappa shape index (κ1) is 12.7. The molecule has 2 nitrogen and oxygen atoms in total. The van der Waals surface area contributed by atoms with Crippen LogP contribution in [0.1, 0.15) is 31.2 Å². The van der Waals surface area contributed by atoms with E-state index in [0.717, 1.165) is 11.6 Å². The zero-order chi connectivity index (χ0) is 12.1. The van der Waals surface area contributed by atoms with E-state index in [2.05, 4.69) is 23.6 Å². The van der Waals surface area contributed by atoms with Crippen molar-refractivity contribution in [3.05, 3.63) is 28.8 Å². The van der Waals surface area contributed by atoms with Crippen LogP contribution in [0, 0.1) is 6.92 Å². The van der Waals surface area contributed by atoms with Crippen LogP contribution >= 0.6 is 11.6 Å². The summed E-state index contributed by atoms with van der Waals surface area (Å²) in [5.41, 5.74) is 2.42. The SMILES string of the molecule is Cc1cc(Cl)ccc1NCCC1CCCCN1. The van der Waals surface area contributed by atoms with Gasteiger partial charge in [-0.05, 0) is 56.5 Å². The van der Waals surface area contributed by atoms with Crippen LogP contribution < -0.4 is 10.6 Å². The summed E-state index contributed by atoms with van der Waals surface area (Å²) in [6, 6.07) is 6.70. The molecular weight excluding hydrogens is 232 g/mol. The van der Waals surface area contributed by atoms with Gasteiger partial charge in [-0.25, -0.2) is 0 Å². The first-order valence-electron chi connectivity index (χ1n) is 6.49. The minimum atomic E-state index is 0.698. The van der Waals surface area contributed by atoms with Gasteiger partial charge in [-0.1, -0.05) is 18.0 Å². The summed E-state index contributed by atoms with van der Waals surface area (Å²) < 4.78 is 0. The molecule has 0 aliphatic carbocycles. The highest BCUT2D eigenvalue weighted by molar-refractivity contribution is 6.30. The molecule has 0 aromatic heterocycles. The van der Waals surface area contributed by atoms with Crippen molar-refractivity contribution in [1.82, 2.24) is 5.32 Å². The summed E-state index contributed by atoms with van der Waals surface area (Å²) in [7, 11) is 0. The van der Waals surface area contributed by atoms with Crippen molar-refractivity contribution in [2.24, 2.45) is 0 Å². The van der Waals surface area contributed by atoms with E-state index in [4.69, 9.17) is 11.6 Å². The fourth-order valence-electron chi connectivity index (χ4n) is 2.38. The minimum Gasteiger partial charge on any atom is -0.385 e. The highest BCUT2D eigenvalue weighted by Crippen LogP contribution is 2.19. The van der Waals surface area contributed by atoms with Gasteiger partial charge < -0.3 is 10.6 Å². The number of halogens is 1. The first-order chi connectivity index (χ1) is 8.25. The molecule has 17 heavy (non-hydrogen) atoms. The highest BCUT2D eigenvalue weighted by atomic mass is 35.5. The lowest BCUT2D eigenvalue weighted by Crippen LogP contribution is -2.35. The van der Waals surface area contributed by atoms with Crippen molar-refractivity contribution in [3.8, 4) is 0 Å². The van der Waals surface area contributed by atoms with Crippen LogP contribution in [0.3, 0.4) is 0 Å². The van der Waals surface area contributed by atoms with Crippen LogP contribution in [0.15, 0.2) is 18.2 Å². The fraction of sp³-hybridized carbons (Fsp3) is 0.571. The van der Waals surface area contributed by atoms with Gasteiger partial charge in [0.15, 0.2) is 0 Å². The lowest BCUT2D eigenvalue weighted by molar-refractivity contribution is 0.389. The molecule has 1 aliphatic heterocycles. The third-order valence-corrected chi connectivity index (χ3v) is 3.64. The molecule has 0 bridgehead atoms. The van der Waals surface area contributed by atoms with Crippen molar-refractivity contribution < 1.29 is 0 Å². The number of hydrogen-bond donors (Lipinski definition) is 2. The quantitative estimate of drug-likeness (QED) is 0.856. The number of anilines is 1. The molecule has 1 heterocycles. The molecule has 0 amide bonds. The standard InChI is InChI=1S/C14H21ClN2/c1-11-10-12(15)5-6-14(11)17-9-7-13-4-2-3-8-16-13/h5-6,10,13,16-17H,2-4,7-9H2,1H3. The lowest BCUT2D eigenvalue weighted by atomic mass is 10.0. The van der Waals surface area contributed by atoms with E-state index >= 15 is 0 Å². The summed E-state index contributed by atoms with van der Waals surface area (Å²) in [6.45, 7) is 4.30. The van der Waals surface area contributed by atoms with E-state index in [9.17, 15) is 0 Å². The minimum absolute atomic E-state index is 0.698. The van der Waals surface area contributed by atoms with Gasteiger partial charge in [-0.2, -0.15) is 0 Å². The largest absolute Gasteiger partial charge is 0.385 e. The predicted octanol–water partition coefficient (Wildman–Crippen LogP) is 3.59. The Bertz CT molecular complexity index is 359. The summed E-state index contributed by atoms with van der Waals surface area (Å²) in [5, 5.41) is 7.86. The van der Waals surface area contributed by atoms with Crippen molar-refractivity contribution in [2.75, 3.05) is 18.4 Å². The molecule has 1 atom stereocenters. The van der Waals surface area contributed by atoms with Gasteiger partial charge in [-0.15, -0.1) is 0 Å². The predicted molar refractivity (Wildman–Crippen MR) is 74.9 cm³/mol. The van der Waals surface area contributed by atoms with Crippen LogP contribution in [0.4, 0.5) is 5.69 Å². The Balaban J connectivity index is 1.77. The van der Waals surface area contributed by atoms with Gasteiger partial charge in [0.05, 0.1) is 0 Å². The molecule has 1 fully saturated rings. The zero-order valence-corrected chi connectivity index (χ0v) is 11.2. The maximum atomic E-state index is 5.93. The molecule has 1 unspecified atom stereocenters. The zero-order valence-electron chi connectivity index (χ0n) is 10.4. The third-order valence-electron chi connectivity index (χ3n) is 3.41. The molecule has 0 spiro atoms. The maximum Gasteiger partial charge on any atom is 0.0410 e. The normalized spacial score (nSPS) is 20.2. The molecule has 2 N–H and O–H groups in total. The van der Waals surface area contributed by atoms with Gasteiger partial charge in [0.1, 0.15) is 0 Å². The molecule has 1 aliphatic rings. The highest BCUT2D eigenvalue weighted by Gasteiger charge is 2.11. The van der Waals surface area contributed by atoms with Crippen molar-refractivity contribution in [1.29, 1.82) is 0 Å². The Hall–Kier alpha value is -0.730. The molecule has 94 valence electrons. The van der Waals surface area contributed by atoms with Crippen LogP contribution in [0.5, 0.6) is 0 Å². The number of piperidine rings is 1. The van der Waals surface area contributed by atoms with Crippen molar-refractivity contribution >= 4 is 17.3 Å². The van der Waals surface area contributed by atoms with Crippen LogP contribution in [0.25, 0.3) is 0 Å². The Morgan fingerprint density at radius 1 is 1.41 bits per heavy atom. The topological polar surface area (TPSA) is 24.1 Å². The van der Waals surface area contributed by atoms with E-state index in [1.54, 1.807) is 0 Å². The third kappa shape index (κ3) is 3.90. The second-order valence-electron chi connectivity index (χ2n) is 4.82. The molecule has 1 saturated heterocycles. The maximum absolute atomic E-state index is 5.93. The van der Waals surface area contributed by atoms with Crippen molar-refractivity contribution in [2.45, 2.75) is 38.6 Å². The van der Waals surface area contributed by atoms with E-state index in [1.807, 2.05) is 12.1 Å². The number of aryl methyl sites for hydroxylation is 1. The smallest absolute Gasteiger partial charge is 0.0410 e. The van der Waals surface area contributed by atoms with Gasteiger partial charge in [0.2, 0.25) is 0 Å². The van der Waals surface area contributed by atoms with Crippen molar-refractivity contribution in [3.63, 3.8) is 0 Å². The molecule has 1 aromatic carbocycles. The van der Waals surface area contributed by atoms with Gasteiger partial charge in [0, 0.05) is 23.3 Å². The van der Waals surface area contributed by atoms with Crippen LogP contribution in [-0.2, 0) is 0 Å². The Morgan fingerprint density at radius 3 is 3.00 bits per heavy atom. The number of nitrogens with one attached hydrogen (secondary N) is 2. The molecule has 0 radical (unpaired) electrons. The number of rotatable bonds is 4. The summed E-state index contributed by atoms with van der Waals surface area (Å²) in [4.78, 5) is 0. The number of benzene rings is 1. The molecular formula is C14H21ClN2. The monoisotopic (exact) mass is 252 g/mol. The Labute approximate surface area is 109 Å². The lowest BCUT2D eigenvalue weighted by Gasteiger charge is -2.23. The molecule has 3 heteroatoms. The van der Waals surface area contributed by atoms with E-state index in [1.165, 1.54) is 43.5 Å². The summed E-state index contributed by atoms with van der Waals surface area (Å²) in [6.07, 6.45) is 5.22. The molecule has 2 rings (SSSR count). The van der Waals surface area contributed by atoms with Crippen LogP contribution in [-0.4, -0.2) is 19.1 Å². The second-order valence-corrected chi connectivity index (χ2v) is 5.26. The fourth-order valence-corrected chi connectivity index (χ4v) is 2.60. The second kappa shape index (κ2) is 6.27. The molecule has 0 saturated carbocycles. The van der Waals surface area contributed by atoms with Gasteiger partial charge in [0.25, 0.3) is 0 Å². The van der Waals surface area contributed by atoms with E-state index in [0.29, 0.717) is 6.04 Å². The summed E-state index contributed by atoms with van der Waals surface area (Å²) >= 11 is 5.93. The van der Waals surface area contributed by atoms with E-state index in [-0.39, 0.29) is 0 Å².